The van der Waals surface area contributed by atoms with Crippen LogP contribution in [0.3, 0.4) is 0 Å². The first kappa shape index (κ1) is 27.1. The molecule has 0 aliphatic carbocycles. The van der Waals surface area contributed by atoms with Crippen LogP contribution in [0.5, 0.6) is 11.5 Å². The SMILES string of the molecule is COc1cc(C(=O)CC[C@](C)(O)c2cc3c(c(-c4ccc(F)cc4)n2)OC[C@]3(C)C(N)=O)cc2cc(F)cnc12. The maximum absolute atomic E-state index is 13.8. The molecule has 0 saturated heterocycles. The van der Waals surface area contributed by atoms with Gasteiger partial charge in [0.25, 0.3) is 0 Å². The molecule has 5 rings (SSSR count). The Bertz CT molecular complexity index is 1660. The number of pyridine rings is 2. The van der Waals surface area contributed by atoms with Gasteiger partial charge in [-0.25, -0.2) is 18.7 Å². The lowest BCUT2D eigenvalue weighted by Crippen LogP contribution is -2.40. The molecule has 40 heavy (non-hydrogen) atoms. The van der Waals surface area contributed by atoms with Gasteiger partial charge in [-0.3, -0.25) is 9.59 Å². The third-order valence-corrected chi connectivity index (χ3v) is 7.38. The number of carbonyl (C=O) groups excluding carboxylic acids is 2. The first-order chi connectivity index (χ1) is 18.9. The van der Waals surface area contributed by atoms with Gasteiger partial charge in [-0.2, -0.15) is 0 Å². The molecule has 1 amide bonds. The maximum Gasteiger partial charge on any atom is 0.231 e. The number of hydrogen-bond donors (Lipinski definition) is 2. The second kappa shape index (κ2) is 9.95. The van der Waals surface area contributed by atoms with Gasteiger partial charge in [0.05, 0.1) is 19.0 Å². The second-order valence-corrected chi connectivity index (χ2v) is 10.3. The number of fused-ring (bicyclic) bond motifs is 2. The zero-order valence-corrected chi connectivity index (χ0v) is 22.1. The largest absolute Gasteiger partial charge is 0.494 e. The molecule has 0 spiro atoms. The van der Waals surface area contributed by atoms with Crippen LogP contribution in [0.4, 0.5) is 8.78 Å². The number of amides is 1. The molecule has 8 nitrogen and oxygen atoms in total. The number of ether oxygens (including phenoxy) is 2. The van der Waals surface area contributed by atoms with E-state index in [0.29, 0.717) is 39.2 Å². The van der Waals surface area contributed by atoms with Gasteiger partial charge in [0.15, 0.2) is 5.78 Å². The second-order valence-electron chi connectivity index (χ2n) is 10.3. The number of nitrogens with zero attached hydrogens (tertiary/aromatic N) is 2. The number of rotatable bonds is 8. The number of methoxy groups -OCH3 is 1. The topological polar surface area (TPSA) is 125 Å². The van der Waals surface area contributed by atoms with E-state index in [1.165, 1.54) is 56.5 Å². The van der Waals surface area contributed by atoms with Crippen LogP contribution in [0.25, 0.3) is 22.2 Å². The van der Waals surface area contributed by atoms with Crippen LogP contribution in [0.2, 0.25) is 0 Å². The number of primary amides is 1. The predicted octanol–water partition coefficient (Wildman–Crippen LogP) is 4.59. The van der Waals surface area contributed by atoms with Crippen molar-refractivity contribution in [1.82, 2.24) is 9.97 Å². The highest BCUT2D eigenvalue weighted by molar-refractivity contribution is 6.01. The molecule has 2 atom stereocenters. The van der Waals surface area contributed by atoms with E-state index in [1.54, 1.807) is 13.0 Å². The normalized spacial score (nSPS) is 17.6. The van der Waals surface area contributed by atoms with Crippen molar-refractivity contribution in [1.29, 1.82) is 0 Å². The van der Waals surface area contributed by atoms with Crippen molar-refractivity contribution in [2.45, 2.75) is 37.7 Å². The Balaban J connectivity index is 1.50. The number of benzene rings is 2. The predicted molar refractivity (Wildman–Crippen MR) is 143 cm³/mol. The molecule has 3 heterocycles. The van der Waals surface area contributed by atoms with E-state index in [4.69, 9.17) is 15.2 Å². The summed E-state index contributed by atoms with van der Waals surface area (Å²) in [7, 11) is 1.43. The van der Waals surface area contributed by atoms with E-state index in [-0.39, 0.29) is 36.5 Å². The first-order valence-electron chi connectivity index (χ1n) is 12.6. The summed E-state index contributed by atoms with van der Waals surface area (Å²) in [4.78, 5) is 34.3. The third kappa shape index (κ3) is 4.75. The Morgan fingerprint density at radius 3 is 2.55 bits per heavy atom. The molecule has 0 fully saturated rings. The molecular weight excluding hydrogens is 520 g/mol. The van der Waals surface area contributed by atoms with Crippen LogP contribution >= 0.6 is 0 Å². The number of carbonyl (C=O) groups is 2. The van der Waals surface area contributed by atoms with Gasteiger partial charge in [-0.05, 0) is 68.8 Å². The Morgan fingerprint density at radius 2 is 1.88 bits per heavy atom. The van der Waals surface area contributed by atoms with Crippen molar-refractivity contribution >= 4 is 22.6 Å². The molecule has 2 aromatic heterocycles. The number of Topliss-reactive ketones (excluding diaryl/α,β-unsaturated/α-hetero) is 1. The van der Waals surface area contributed by atoms with Gasteiger partial charge in [0, 0.05) is 28.5 Å². The molecule has 10 heteroatoms. The Kier molecular flexibility index (Phi) is 6.75. The molecule has 0 unspecified atom stereocenters. The summed E-state index contributed by atoms with van der Waals surface area (Å²) in [5.74, 6) is -1.26. The fourth-order valence-corrected chi connectivity index (χ4v) is 4.80. The van der Waals surface area contributed by atoms with E-state index >= 15 is 0 Å². The minimum absolute atomic E-state index is 0.0170. The van der Waals surface area contributed by atoms with Crippen LogP contribution in [0.1, 0.15) is 48.3 Å². The maximum atomic E-state index is 13.8. The molecule has 1 aliphatic heterocycles. The number of aliphatic hydroxyl groups is 1. The highest BCUT2D eigenvalue weighted by Gasteiger charge is 2.45. The summed E-state index contributed by atoms with van der Waals surface area (Å²) in [5.41, 5.74) is 5.09. The molecule has 206 valence electrons. The molecule has 3 N–H and O–H groups in total. The molecule has 2 aromatic carbocycles. The van der Waals surface area contributed by atoms with Crippen LogP contribution in [0.15, 0.2) is 54.7 Å². The highest BCUT2D eigenvalue weighted by atomic mass is 19.1. The third-order valence-electron chi connectivity index (χ3n) is 7.38. The monoisotopic (exact) mass is 547 g/mol. The van der Waals surface area contributed by atoms with Crippen molar-refractivity contribution in [3.05, 3.63) is 83.2 Å². The summed E-state index contributed by atoms with van der Waals surface area (Å²) in [6, 6.07) is 11.5. The molecule has 1 aliphatic rings. The van der Waals surface area contributed by atoms with E-state index < -0.39 is 28.6 Å². The Morgan fingerprint density at radius 1 is 1.15 bits per heavy atom. The molecule has 0 radical (unpaired) electrons. The lowest BCUT2D eigenvalue weighted by Gasteiger charge is -2.26. The number of nitrogens with two attached hydrogens (primary N) is 1. The fourth-order valence-electron chi connectivity index (χ4n) is 4.80. The van der Waals surface area contributed by atoms with E-state index in [2.05, 4.69) is 9.97 Å². The summed E-state index contributed by atoms with van der Waals surface area (Å²) >= 11 is 0. The van der Waals surface area contributed by atoms with Crippen LogP contribution in [-0.4, -0.2) is 40.5 Å². The van der Waals surface area contributed by atoms with Gasteiger partial charge in [0.1, 0.15) is 52.0 Å². The molecule has 0 saturated carbocycles. The lowest BCUT2D eigenvalue weighted by atomic mass is 9.81. The van der Waals surface area contributed by atoms with Gasteiger partial charge < -0.3 is 20.3 Å². The van der Waals surface area contributed by atoms with Gasteiger partial charge in [0.2, 0.25) is 5.91 Å². The molecular formula is C30H27F2N3O5. The smallest absolute Gasteiger partial charge is 0.231 e. The molecule has 4 aromatic rings. The Labute approximate surface area is 228 Å². The quantitative estimate of drug-likeness (QED) is 0.309. The van der Waals surface area contributed by atoms with Gasteiger partial charge in [-0.15, -0.1) is 0 Å². The summed E-state index contributed by atoms with van der Waals surface area (Å²) in [5, 5.41) is 11.9. The number of hydrogen-bond acceptors (Lipinski definition) is 7. The minimum Gasteiger partial charge on any atom is -0.494 e. The summed E-state index contributed by atoms with van der Waals surface area (Å²) in [6.07, 6.45) is 0.955. The zero-order valence-electron chi connectivity index (χ0n) is 22.1. The van der Waals surface area contributed by atoms with Crippen LogP contribution < -0.4 is 15.2 Å². The van der Waals surface area contributed by atoms with Gasteiger partial charge >= 0.3 is 0 Å². The summed E-state index contributed by atoms with van der Waals surface area (Å²) in [6.45, 7) is 3.14. The molecule has 0 bridgehead atoms. The van der Waals surface area contributed by atoms with Gasteiger partial charge in [-0.1, -0.05) is 0 Å². The van der Waals surface area contributed by atoms with E-state index in [0.717, 1.165) is 6.20 Å². The van der Waals surface area contributed by atoms with Crippen molar-refractivity contribution in [2.75, 3.05) is 13.7 Å². The standard InChI is InChI=1S/C30H27F2N3O5/c1-29(28(33)37)15-40-27-21(29)13-24(35-26(27)16-4-6-19(31)7-5-16)30(2,38)9-8-22(36)17-10-18-11-20(32)14-34-25(18)23(12-17)39-3/h4-7,10-14,38H,8-9,15H2,1-3H3,(H2,33,37)/t29-,30-/m0/s1. The average Bonchev–Trinajstić information content (AvgIpc) is 3.28. The van der Waals surface area contributed by atoms with Crippen molar-refractivity contribution in [3.63, 3.8) is 0 Å². The van der Waals surface area contributed by atoms with E-state index in [9.17, 15) is 23.5 Å². The number of aromatic nitrogens is 2. The van der Waals surface area contributed by atoms with Crippen molar-refractivity contribution in [3.8, 4) is 22.8 Å². The minimum atomic E-state index is -1.62. The fraction of sp³-hybridized carbons (Fsp3) is 0.267. The van der Waals surface area contributed by atoms with Crippen LogP contribution in [0, 0.1) is 11.6 Å². The first-order valence-corrected chi connectivity index (χ1v) is 12.6. The summed E-state index contributed by atoms with van der Waals surface area (Å²) < 4.78 is 38.6. The average molecular weight is 548 g/mol. The number of ketones is 1. The Hall–Kier alpha value is -4.44. The van der Waals surface area contributed by atoms with Crippen LogP contribution in [-0.2, 0) is 15.8 Å². The van der Waals surface area contributed by atoms with Crippen molar-refractivity contribution in [2.24, 2.45) is 5.73 Å². The zero-order chi connectivity index (χ0) is 28.8. The highest BCUT2D eigenvalue weighted by Crippen LogP contribution is 2.46. The lowest BCUT2D eigenvalue weighted by molar-refractivity contribution is -0.123. The van der Waals surface area contributed by atoms with Crippen molar-refractivity contribution < 1.29 is 33.0 Å². The number of halogens is 2. The van der Waals surface area contributed by atoms with E-state index in [1.807, 2.05) is 0 Å².